The van der Waals surface area contributed by atoms with Gasteiger partial charge in [-0.15, -0.1) is 0 Å². The van der Waals surface area contributed by atoms with E-state index in [1.807, 2.05) is 4.90 Å². The average Bonchev–Trinajstić information content (AvgIpc) is 2.44. The van der Waals surface area contributed by atoms with Gasteiger partial charge >= 0.3 is 0 Å². The van der Waals surface area contributed by atoms with Gasteiger partial charge in [0, 0.05) is 26.2 Å². The second kappa shape index (κ2) is 6.71. The molecule has 0 amide bonds. The first-order chi connectivity index (χ1) is 9.92. The Morgan fingerprint density at radius 1 is 1.29 bits per heavy atom. The Hall–Kier alpha value is -1.20. The van der Waals surface area contributed by atoms with Crippen LogP contribution in [0, 0.1) is 17.1 Å². The molecule has 114 valence electrons. The van der Waals surface area contributed by atoms with E-state index in [1.54, 1.807) is 0 Å². The lowest BCUT2D eigenvalue weighted by molar-refractivity contribution is 0.206. The molecule has 1 aromatic rings. The quantitative estimate of drug-likeness (QED) is 0.783. The van der Waals surface area contributed by atoms with Crippen LogP contribution in [-0.4, -0.2) is 50.3 Å². The number of piperazine rings is 1. The minimum absolute atomic E-state index is 0.0819. The second-order valence-electron chi connectivity index (χ2n) is 4.84. The van der Waals surface area contributed by atoms with E-state index in [-0.39, 0.29) is 10.8 Å². The number of benzene rings is 1. The van der Waals surface area contributed by atoms with Crippen LogP contribution in [0.2, 0.25) is 5.02 Å². The number of hydrogen-bond donors (Lipinski definition) is 0. The molecule has 0 N–H and O–H groups in total. The molecule has 1 aliphatic heterocycles. The van der Waals surface area contributed by atoms with Crippen molar-refractivity contribution in [2.75, 3.05) is 32.7 Å². The lowest BCUT2D eigenvalue weighted by atomic mass is 10.2. The molecule has 0 saturated carbocycles. The van der Waals surface area contributed by atoms with E-state index in [4.69, 9.17) is 16.9 Å². The van der Waals surface area contributed by atoms with E-state index >= 15 is 0 Å². The van der Waals surface area contributed by atoms with Crippen LogP contribution in [0.5, 0.6) is 0 Å². The van der Waals surface area contributed by atoms with Gasteiger partial charge in [-0.2, -0.15) is 9.57 Å². The monoisotopic (exact) mass is 331 g/mol. The molecule has 2 rings (SSSR count). The van der Waals surface area contributed by atoms with E-state index in [1.165, 1.54) is 16.4 Å². The van der Waals surface area contributed by atoms with Crippen molar-refractivity contribution in [2.45, 2.75) is 5.75 Å². The zero-order valence-corrected chi connectivity index (χ0v) is 12.9. The summed E-state index contributed by atoms with van der Waals surface area (Å²) in [5.74, 6) is -0.770. The molecule has 0 aliphatic carbocycles. The van der Waals surface area contributed by atoms with Gasteiger partial charge in [0.15, 0.2) is 0 Å². The van der Waals surface area contributed by atoms with Crippen molar-refractivity contribution < 1.29 is 12.8 Å². The van der Waals surface area contributed by atoms with Gasteiger partial charge in [-0.05, 0) is 17.7 Å². The third-order valence-corrected chi connectivity index (χ3v) is 5.49. The molecule has 1 heterocycles. The maximum Gasteiger partial charge on any atom is 0.218 e. The van der Waals surface area contributed by atoms with Gasteiger partial charge in [0.25, 0.3) is 0 Å². The van der Waals surface area contributed by atoms with Crippen LogP contribution < -0.4 is 0 Å². The van der Waals surface area contributed by atoms with Crippen LogP contribution >= 0.6 is 11.6 Å². The van der Waals surface area contributed by atoms with Crippen molar-refractivity contribution in [3.8, 4) is 6.07 Å². The summed E-state index contributed by atoms with van der Waals surface area (Å²) >= 11 is 5.66. The molecule has 0 spiro atoms. The first-order valence-corrected chi connectivity index (χ1v) is 8.42. The van der Waals surface area contributed by atoms with Crippen molar-refractivity contribution >= 4 is 21.6 Å². The summed E-state index contributed by atoms with van der Waals surface area (Å²) in [5.41, 5.74) is 0.459. The summed E-state index contributed by atoms with van der Waals surface area (Å²) in [6.07, 6.45) is 0. The SMILES string of the molecule is N#CCN1CCN(S(=O)(=O)Cc2ccc(F)c(Cl)c2)CC1. The lowest BCUT2D eigenvalue weighted by Gasteiger charge is -2.32. The summed E-state index contributed by atoms with van der Waals surface area (Å²) in [6, 6.07) is 5.97. The molecule has 1 aliphatic rings. The Balaban J connectivity index is 2.02. The predicted octanol–water partition coefficient (Wildman–Crippen LogP) is 1.45. The zero-order valence-electron chi connectivity index (χ0n) is 11.3. The van der Waals surface area contributed by atoms with E-state index in [0.717, 1.165) is 6.07 Å². The molecule has 0 bridgehead atoms. The molecule has 0 unspecified atom stereocenters. The van der Waals surface area contributed by atoms with Crippen LogP contribution in [0.3, 0.4) is 0 Å². The minimum Gasteiger partial charge on any atom is -0.288 e. The molecule has 0 atom stereocenters. The summed E-state index contributed by atoms with van der Waals surface area (Å²) in [7, 11) is -3.46. The highest BCUT2D eigenvalue weighted by atomic mass is 35.5. The first kappa shape index (κ1) is 16.2. The maximum absolute atomic E-state index is 13.1. The molecular formula is C13H15ClFN3O2S. The van der Waals surface area contributed by atoms with Crippen LogP contribution in [0.15, 0.2) is 18.2 Å². The average molecular weight is 332 g/mol. The predicted molar refractivity (Wildman–Crippen MR) is 77.7 cm³/mol. The second-order valence-corrected chi connectivity index (χ2v) is 7.21. The highest BCUT2D eigenvalue weighted by Gasteiger charge is 2.27. The van der Waals surface area contributed by atoms with Crippen molar-refractivity contribution in [2.24, 2.45) is 0 Å². The largest absolute Gasteiger partial charge is 0.288 e. The molecule has 0 radical (unpaired) electrons. The molecule has 1 saturated heterocycles. The van der Waals surface area contributed by atoms with E-state index in [9.17, 15) is 12.8 Å². The topological polar surface area (TPSA) is 64.4 Å². The lowest BCUT2D eigenvalue weighted by Crippen LogP contribution is -2.48. The molecule has 8 heteroatoms. The number of nitriles is 1. The fourth-order valence-electron chi connectivity index (χ4n) is 2.20. The van der Waals surface area contributed by atoms with Gasteiger partial charge in [-0.25, -0.2) is 12.8 Å². The Bertz CT molecular complexity index is 652. The first-order valence-electron chi connectivity index (χ1n) is 6.43. The fourth-order valence-corrected chi connectivity index (χ4v) is 3.90. The van der Waals surface area contributed by atoms with Gasteiger partial charge in [0.2, 0.25) is 10.0 Å². The summed E-state index contributed by atoms with van der Waals surface area (Å²) in [4.78, 5) is 1.90. The normalized spacial score (nSPS) is 17.6. The smallest absolute Gasteiger partial charge is 0.218 e. The van der Waals surface area contributed by atoms with Gasteiger partial charge < -0.3 is 0 Å². The zero-order chi connectivity index (χ0) is 15.5. The number of nitrogens with zero attached hydrogens (tertiary/aromatic N) is 3. The molecular weight excluding hydrogens is 317 g/mol. The highest BCUT2D eigenvalue weighted by molar-refractivity contribution is 7.88. The highest BCUT2D eigenvalue weighted by Crippen LogP contribution is 2.19. The molecule has 1 fully saturated rings. The standard InChI is InChI=1S/C13H15ClFN3O2S/c14-12-9-11(1-2-13(12)15)10-21(19,20)18-7-5-17(4-3-16)6-8-18/h1-2,9H,4-8,10H2. The Kier molecular flexibility index (Phi) is 5.17. The van der Waals surface area contributed by atoms with E-state index in [2.05, 4.69) is 6.07 Å². The van der Waals surface area contributed by atoms with Crippen LogP contribution in [-0.2, 0) is 15.8 Å². The summed E-state index contributed by atoms with van der Waals surface area (Å²) in [5, 5.41) is 8.54. The molecule has 5 nitrogen and oxygen atoms in total. The Morgan fingerprint density at radius 2 is 1.95 bits per heavy atom. The molecule has 0 aromatic heterocycles. The van der Waals surface area contributed by atoms with Gasteiger partial charge in [0.05, 0.1) is 23.4 Å². The van der Waals surface area contributed by atoms with Crippen LogP contribution in [0.4, 0.5) is 4.39 Å². The number of halogens is 2. The summed E-state index contributed by atoms with van der Waals surface area (Å²) < 4.78 is 39.1. The van der Waals surface area contributed by atoms with E-state index in [0.29, 0.717) is 38.3 Å². The van der Waals surface area contributed by atoms with Crippen molar-refractivity contribution in [1.82, 2.24) is 9.21 Å². The van der Waals surface area contributed by atoms with Crippen LogP contribution in [0.25, 0.3) is 0 Å². The number of rotatable bonds is 4. The van der Waals surface area contributed by atoms with Crippen LogP contribution in [0.1, 0.15) is 5.56 Å². The van der Waals surface area contributed by atoms with E-state index < -0.39 is 15.8 Å². The van der Waals surface area contributed by atoms with Gasteiger partial charge in [-0.3, -0.25) is 4.90 Å². The van der Waals surface area contributed by atoms with Crippen molar-refractivity contribution in [3.63, 3.8) is 0 Å². The fraction of sp³-hybridized carbons (Fsp3) is 0.462. The number of sulfonamides is 1. The Morgan fingerprint density at radius 3 is 2.52 bits per heavy atom. The maximum atomic E-state index is 13.1. The third-order valence-electron chi connectivity index (χ3n) is 3.35. The third kappa shape index (κ3) is 4.14. The number of hydrogen-bond acceptors (Lipinski definition) is 4. The van der Waals surface area contributed by atoms with Gasteiger partial charge in [-0.1, -0.05) is 17.7 Å². The van der Waals surface area contributed by atoms with Crippen molar-refractivity contribution in [1.29, 1.82) is 5.26 Å². The Labute approximate surface area is 128 Å². The van der Waals surface area contributed by atoms with Gasteiger partial charge in [0.1, 0.15) is 5.82 Å². The molecule has 21 heavy (non-hydrogen) atoms. The van der Waals surface area contributed by atoms with Crippen molar-refractivity contribution in [3.05, 3.63) is 34.6 Å². The molecule has 1 aromatic carbocycles. The minimum atomic E-state index is -3.46. The summed E-state index contributed by atoms with van der Waals surface area (Å²) in [6.45, 7) is 2.10.